The van der Waals surface area contributed by atoms with E-state index in [1.807, 2.05) is 26.2 Å². The van der Waals surface area contributed by atoms with E-state index in [1.165, 1.54) is 11.8 Å². The van der Waals surface area contributed by atoms with E-state index in [4.69, 9.17) is 15.2 Å². The van der Waals surface area contributed by atoms with Crippen LogP contribution >= 0.6 is 24.2 Å². The Balaban J connectivity index is 0.00000312. The lowest BCUT2D eigenvalue weighted by molar-refractivity contribution is -0.125. The number of thioether (sulfide) groups is 1. The molecule has 0 spiro atoms. The molecule has 2 amide bonds. The van der Waals surface area contributed by atoms with Crippen molar-refractivity contribution >= 4 is 41.7 Å². The van der Waals surface area contributed by atoms with Gasteiger partial charge in [-0.05, 0) is 18.2 Å². The Morgan fingerprint density at radius 2 is 1.84 bits per heavy atom. The van der Waals surface area contributed by atoms with Crippen molar-refractivity contribution in [2.45, 2.75) is 24.8 Å². The summed E-state index contributed by atoms with van der Waals surface area (Å²) in [5.41, 5.74) is 6.37. The summed E-state index contributed by atoms with van der Waals surface area (Å²) in [5, 5.41) is 5.33. The number of hydrogen-bond donors (Lipinski definition) is 3. The van der Waals surface area contributed by atoms with Crippen LogP contribution in [0.25, 0.3) is 0 Å². The van der Waals surface area contributed by atoms with Gasteiger partial charge in [0.2, 0.25) is 11.8 Å². The standard InChI is InChI=1S/C16H23N3O4S.ClH/c1-9(2)15(17)16(21)18-8-14(20)19-10-6-11-12(7-13(10)24-3)23-5-4-22-11;/h6-7,9,15H,4-5,8,17H2,1-3H3,(H,18,21)(H,19,20);1H/t15-;/m0./s1. The number of benzene rings is 1. The first kappa shape index (κ1) is 21.4. The fourth-order valence-electron chi connectivity index (χ4n) is 2.12. The lowest BCUT2D eigenvalue weighted by Gasteiger charge is -2.21. The molecule has 1 aliphatic rings. The highest BCUT2D eigenvalue weighted by Gasteiger charge is 2.19. The molecule has 25 heavy (non-hydrogen) atoms. The highest BCUT2D eigenvalue weighted by Crippen LogP contribution is 2.39. The average molecular weight is 390 g/mol. The predicted octanol–water partition coefficient (Wildman–Crippen LogP) is 1.64. The minimum atomic E-state index is -0.631. The zero-order valence-corrected chi connectivity index (χ0v) is 16.1. The topological polar surface area (TPSA) is 103 Å². The zero-order chi connectivity index (χ0) is 17.7. The Hall–Kier alpha value is -1.64. The quantitative estimate of drug-likeness (QED) is 0.639. The van der Waals surface area contributed by atoms with Crippen molar-refractivity contribution in [3.8, 4) is 11.5 Å². The minimum Gasteiger partial charge on any atom is -0.486 e. The molecule has 1 heterocycles. The summed E-state index contributed by atoms with van der Waals surface area (Å²) in [6, 6.07) is 2.94. The van der Waals surface area contributed by atoms with Crippen LogP contribution in [0.15, 0.2) is 17.0 Å². The van der Waals surface area contributed by atoms with Crippen LogP contribution in [0.1, 0.15) is 13.8 Å². The van der Waals surface area contributed by atoms with Crippen molar-refractivity contribution in [2.24, 2.45) is 11.7 Å². The van der Waals surface area contributed by atoms with Crippen LogP contribution in [0, 0.1) is 5.92 Å². The van der Waals surface area contributed by atoms with Gasteiger partial charge in [-0.3, -0.25) is 9.59 Å². The van der Waals surface area contributed by atoms with Gasteiger partial charge in [0.25, 0.3) is 0 Å². The molecule has 0 aromatic heterocycles. The third-order valence-electron chi connectivity index (χ3n) is 3.58. The van der Waals surface area contributed by atoms with Crippen LogP contribution in [-0.2, 0) is 9.59 Å². The molecule has 0 radical (unpaired) electrons. The predicted molar refractivity (Wildman–Crippen MR) is 101 cm³/mol. The van der Waals surface area contributed by atoms with Gasteiger partial charge in [0.15, 0.2) is 11.5 Å². The maximum absolute atomic E-state index is 12.1. The number of halogens is 1. The fraction of sp³-hybridized carbons (Fsp3) is 0.500. The molecule has 140 valence electrons. The summed E-state index contributed by atoms with van der Waals surface area (Å²) < 4.78 is 11.1. The lowest BCUT2D eigenvalue weighted by atomic mass is 10.1. The molecule has 1 atom stereocenters. The normalized spacial score (nSPS) is 13.6. The first-order valence-electron chi connectivity index (χ1n) is 7.73. The SMILES string of the molecule is CSc1cc2c(cc1NC(=O)CNC(=O)[C@@H](N)C(C)C)OCCO2.Cl. The molecule has 0 fully saturated rings. The van der Waals surface area contributed by atoms with Gasteiger partial charge in [-0.2, -0.15) is 0 Å². The van der Waals surface area contributed by atoms with E-state index < -0.39 is 6.04 Å². The first-order valence-corrected chi connectivity index (χ1v) is 8.95. The van der Waals surface area contributed by atoms with Gasteiger partial charge in [-0.25, -0.2) is 0 Å². The molecule has 0 saturated carbocycles. The summed E-state index contributed by atoms with van der Waals surface area (Å²) in [5.74, 6) is 0.604. The Labute approximate surface area is 157 Å². The Morgan fingerprint density at radius 1 is 1.24 bits per heavy atom. The fourth-order valence-corrected chi connectivity index (χ4v) is 2.67. The number of carbonyl (C=O) groups is 2. The van der Waals surface area contributed by atoms with Gasteiger partial charge in [0.1, 0.15) is 13.2 Å². The Morgan fingerprint density at radius 3 is 2.40 bits per heavy atom. The van der Waals surface area contributed by atoms with Crippen molar-refractivity contribution in [1.82, 2.24) is 5.32 Å². The molecule has 1 aromatic rings. The maximum Gasteiger partial charge on any atom is 0.243 e. The van der Waals surface area contributed by atoms with Crippen molar-refractivity contribution in [1.29, 1.82) is 0 Å². The van der Waals surface area contributed by atoms with E-state index in [2.05, 4.69) is 10.6 Å². The van der Waals surface area contributed by atoms with Crippen LogP contribution in [-0.4, -0.2) is 43.9 Å². The smallest absolute Gasteiger partial charge is 0.243 e. The van der Waals surface area contributed by atoms with Crippen molar-refractivity contribution in [3.63, 3.8) is 0 Å². The van der Waals surface area contributed by atoms with Crippen molar-refractivity contribution < 1.29 is 19.1 Å². The van der Waals surface area contributed by atoms with Crippen LogP contribution in [0.5, 0.6) is 11.5 Å². The molecule has 0 unspecified atom stereocenters. The average Bonchev–Trinajstić information content (AvgIpc) is 2.58. The van der Waals surface area contributed by atoms with Gasteiger partial charge < -0.3 is 25.8 Å². The van der Waals surface area contributed by atoms with Crippen LogP contribution in [0.3, 0.4) is 0 Å². The molecule has 7 nitrogen and oxygen atoms in total. The molecular formula is C16H24ClN3O4S. The van der Waals surface area contributed by atoms with E-state index >= 15 is 0 Å². The second-order valence-electron chi connectivity index (χ2n) is 5.73. The van der Waals surface area contributed by atoms with Crippen LogP contribution < -0.4 is 25.8 Å². The molecule has 0 saturated heterocycles. The monoisotopic (exact) mass is 389 g/mol. The summed E-state index contributed by atoms with van der Waals surface area (Å²) >= 11 is 1.49. The largest absolute Gasteiger partial charge is 0.486 e. The Kier molecular flexibility index (Phi) is 8.34. The third kappa shape index (κ3) is 5.69. The number of fused-ring (bicyclic) bond motifs is 1. The van der Waals surface area contributed by atoms with E-state index in [-0.39, 0.29) is 36.7 Å². The molecule has 0 aliphatic carbocycles. The summed E-state index contributed by atoms with van der Waals surface area (Å²) in [6.07, 6.45) is 1.91. The highest BCUT2D eigenvalue weighted by atomic mass is 35.5. The first-order chi connectivity index (χ1) is 11.4. The molecule has 1 aromatic carbocycles. The number of ether oxygens (including phenoxy) is 2. The highest BCUT2D eigenvalue weighted by molar-refractivity contribution is 7.98. The molecule has 0 bridgehead atoms. The van der Waals surface area contributed by atoms with Crippen molar-refractivity contribution in [3.05, 3.63) is 12.1 Å². The third-order valence-corrected chi connectivity index (χ3v) is 4.36. The second kappa shape index (κ2) is 9.74. The molecule has 2 rings (SSSR count). The van der Waals surface area contributed by atoms with Gasteiger partial charge >= 0.3 is 0 Å². The van der Waals surface area contributed by atoms with E-state index in [0.29, 0.717) is 30.4 Å². The van der Waals surface area contributed by atoms with Crippen LogP contribution in [0.4, 0.5) is 5.69 Å². The van der Waals surface area contributed by atoms with Gasteiger partial charge in [0.05, 0.1) is 18.3 Å². The minimum absolute atomic E-state index is 0. The van der Waals surface area contributed by atoms with Crippen LogP contribution in [0.2, 0.25) is 0 Å². The van der Waals surface area contributed by atoms with E-state index in [9.17, 15) is 9.59 Å². The number of anilines is 1. The number of rotatable bonds is 6. The Bertz CT molecular complexity index is 628. The summed E-state index contributed by atoms with van der Waals surface area (Å²) in [7, 11) is 0. The lowest BCUT2D eigenvalue weighted by Crippen LogP contribution is -2.46. The molecule has 4 N–H and O–H groups in total. The van der Waals surface area contributed by atoms with E-state index in [0.717, 1.165) is 4.90 Å². The summed E-state index contributed by atoms with van der Waals surface area (Å²) in [6.45, 7) is 4.55. The molecule has 1 aliphatic heterocycles. The number of carbonyl (C=O) groups excluding carboxylic acids is 2. The van der Waals surface area contributed by atoms with E-state index in [1.54, 1.807) is 6.07 Å². The second-order valence-corrected chi connectivity index (χ2v) is 6.58. The number of hydrogen-bond acceptors (Lipinski definition) is 6. The maximum atomic E-state index is 12.1. The van der Waals surface area contributed by atoms with Gasteiger partial charge in [0, 0.05) is 11.0 Å². The molecule has 9 heteroatoms. The summed E-state index contributed by atoms with van der Waals surface area (Å²) in [4.78, 5) is 24.8. The number of nitrogens with two attached hydrogens (primary N) is 1. The van der Waals surface area contributed by atoms with Crippen molar-refractivity contribution in [2.75, 3.05) is 31.3 Å². The zero-order valence-electron chi connectivity index (χ0n) is 14.5. The number of amides is 2. The number of nitrogens with one attached hydrogen (secondary N) is 2. The van der Waals surface area contributed by atoms with Gasteiger partial charge in [-0.15, -0.1) is 24.2 Å². The van der Waals surface area contributed by atoms with Gasteiger partial charge in [-0.1, -0.05) is 13.8 Å². The molecular weight excluding hydrogens is 366 g/mol.